The SMILES string of the molecule is CC(C)n1nnnc1S[C@@H](C)C(=O)NC1CCCC1. The third kappa shape index (κ3) is 3.68. The molecule has 106 valence electrons. The van der Waals surface area contributed by atoms with Gasteiger partial charge in [-0.25, -0.2) is 4.68 Å². The number of nitrogens with zero attached hydrogens (tertiary/aromatic N) is 4. The Hall–Kier alpha value is -1.11. The summed E-state index contributed by atoms with van der Waals surface area (Å²) >= 11 is 1.41. The Labute approximate surface area is 117 Å². The largest absolute Gasteiger partial charge is 0.352 e. The first kappa shape index (κ1) is 14.3. The number of hydrogen-bond acceptors (Lipinski definition) is 5. The molecular weight excluding hydrogens is 262 g/mol. The van der Waals surface area contributed by atoms with E-state index in [1.807, 2.05) is 20.8 Å². The van der Waals surface area contributed by atoms with Gasteiger partial charge in [0.1, 0.15) is 0 Å². The van der Waals surface area contributed by atoms with Crippen LogP contribution >= 0.6 is 11.8 Å². The lowest BCUT2D eigenvalue weighted by Gasteiger charge is -2.16. The van der Waals surface area contributed by atoms with E-state index in [4.69, 9.17) is 0 Å². The molecule has 1 amide bonds. The molecule has 0 spiro atoms. The fourth-order valence-electron chi connectivity index (χ4n) is 2.19. The lowest BCUT2D eigenvalue weighted by molar-refractivity contribution is -0.120. The molecule has 1 saturated carbocycles. The van der Waals surface area contributed by atoms with Gasteiger partial charge in [0.25, 0.3) is 0 Å². The number of carbonyl (C=O) groups excluding carboxylic acids is 1. The Morgan fingerprint density at radius 2 is 2.05 bits per heavy atom. The summed E-state index contributed by atoms with van der Waals surface area (Å²) in [6.45, 7) is 5.93. The van der Waals surface area contributed by atoms with Gasteiger partial charge in [0.15, 0.2) is 0 Å². The van der Waals surface area contributed by atoms with E-state index in [9.17, 15) is 4.79 Å². The Kier molecular flexibility index (Phi) is 4.79. The fraction of sp³-hybridized carbons (Fsp3) is 0.833. The van der Waals surface area contributed by atoms with E-state index >= 15 is 0 Å². The second kappa shape index (κ2) is 6.36. The maximum Gasteiger partial charge on any atom is 0.233 e. The highest BCUT2D eigenvalue weighted by atomic mass is 32.2. The summed E-state index contributed by atoms with van der Waals surface area (Å²) in [5.74, 6) is 0.0789. The summed E-state index contributed by atoms with van der Waals surface area (Å²) in [5.41, 5.74) is 0. The molecule has 6 nitrogen and oxygen atoms in total. The first-order valence-corrected chi connectivity index (χ1v) is 7.70. The minimum atomic E-state index is -0.177. The number of hydrogen-bond donors (Lipinski definition) is 1. The van der Waals surface area contributed by atoms with Crippen LogP contribution in [0, 0.1) is 0 Å². The van der Waals surface area contributed by atoms with E-state index in [0.717, 1.165) is 12.8 Å². The van der Waals surface area contributed by atoms with Gasteiger partial charge in [0, 0.05) is 6.04 Å². The van der Waals surface area contributed by atoms with Crippen molar-refractivity contribution in [3.63, 3.8) is 0 Å². The zero-order chi connectivity index (χ0) is 13.8. The van der Waals surface area contributed by atoms with Crippen LogP contribution in [0.15, 0.2) is 5.16 Å². The van der Waals surface area contributed by atoms with Crippen molar-refractivity contribution in [1.82, 2.24) is 25.5 Å². The topological polar surface area (TPSA) is 72.7 Å². The Bertz CT molecular complexity index is 428. The maximum atomic E-state index is 12.1. The van der Waals surface area contributed by atoms with Gasteiger partial charge in [-0.1, -0.05) is 24.6 Å². The molecule has 0 saturated heterocycles. The lowest BCUT2D eigenvalue weighted by Crippen LogP contribution is -2.37. The van der Waals surface area contributed by atoms with Crippen molar-refractivity contribution in [2.24, 2.45) is 0 Å². The van der Waals surface area contributed by atoms with E-state index in [1.54, 1.807) is 4.68 Å². The molecule has 7 heteroatoms. The van der Waals surface area contributed by atoms with E-state index in [-0.39, 0.29) is 17.2 Å². The average Bonchev–Trinajstić information content (AvgIpc) is 2.99. The van der Waals surface area contributed by atoms with Crippen molar-refractivity contribution in [1.29, 1.82) is 0 Å². The minimum absolute atomic E-state index is 0.0789. The zero-order valence-corrected chi connectivity index (χ0v) is 12.5. The van der Waals surface area contributed by atoms with Crippen molar-refractivity contribution in [3.8, 4) is 0 Å². The van der Waals surface area contributed by atoms with Crippen molar-refractivity contribution < 1.29 is 4.79 Å². The predicted octanol–water partition coefficient (Wildman–Crippen LogP) is 1.79. The number of rotatable bonds is 5. The van der Waals surface area contributed by atoms with E-state index < -0.39 is 0 Å². The molecule has 1 aliphatic rings. The quantitative estimate of drug-likeness (QED) is 0.834. The van der Waals surface area contributed by atoms with Gasteiger partial charge in [0.2, 0.25) is 11.1 Å². The van der Waals surface area contributed by atoms with E-state index in [0.29, 0.717) is 11.2 Å². The molecule has 1 aromatic heterocycles. The van der Waals surface area contributed by atoms with Gasteiger partial charge < -0.3 is 5.32 Å². The van der Waals surface area contributed by atoms with Gasteiger partial charge in [-0.2, -0.15) is 0 Å². The smallest absolute Gasteiger partial charge is 0.233 e. The summed E-state index contributed by atoms with van der Waals surface area (Å²) in [6.07, 6.45) is 4.65. The zero-order valence-electron chi connectivity index (χ0n) is 11.7. The molecule has 2 rings (SSSR count). The Morgan fingerprint density at radius 3 is 2.68 bits per heavy atom. The number of nitrogens with one attached hydrogen (secondary N) is 1. The fourth-order valence-corrected chi connectivity index (χ4v) is 3.12. The molecule has 1 fully saturated rings. The second-order valence-electron chi connectivity index (χ2n) is 5.25. The number of carbonyl (C=O) groups is 1. The second-order valence-corrected chi connectivity index (χ2v) is 6.56. The molecule has 1 atom stereocenters. The molecule has 1 aromatic rings. The van der Waals surface area contributed by atoms with Crippen LogP contribution in [0.25, 0.3) is 0 Å². The monoisotopic (exact) mass is 283 g/mol. The number of aromatic nitrogens is 4. The highest BCUT2D eigenvalue weighted by Crippen LogP contribution is 2.24. The molecular formula is C12H21N5OS. The molecule has 0 aromatic carbocycles. The number of tetrazole rings is 1. The molecule has 1 N–H and O–H groups in total. The molecule has 0 unspecified atom stereocenters. The van der Waals surface area contributed by atoms with E-state index in [1.165, 1.54) is 24.6 Å². The number of thioether (sulfide) groups is 1. The van der Waals surface area contributed by atoms with E-state index in [2.05, 4.69) is 20.8 Å². The van der Waals surface area contributed by atoms with Crippen LogP contribution in [0.1, 0.15) is 52.5 Å². The molecule has 0 aliphatic heterocycles. The molecule has 0 bridgehead atoms. The lowest BCUT2D eigenvalue weighted by atomic mass is 10.2. The normalized spacial score (nSPS) is 17.9. The van der Waals surface area contributed by atoms with Crippen LogP contribution in [0.4, 0.5) is 0 Å². The summed E-state index contributed by atoms with van der Waals surface area (Å²) in [6, 6.07) is 0.555. The molecule has 1 aliphatic carbocycles. The van der Waals surface area contributed by atoms with Gasteiger partial charge in [-0.05, 0) is 44.0 Å². The first-order valence-electron chi connectivity index (χ1n) is 6.83. The van der Waals surface area contributed by atoms with Gasteiger partial charge in [0.05, 0.1) is 11.3 Å². The summed E-state index contributed by atoms with van der Waals surface area (Å²) in [7, 11) is 0. The minimum Gasteiger partial charge on any atom is -0.352 e. The highest BCUT2D eigenvalue weighted by molar-refractivity contribution is 8.00. The van der Waals surface area contributed by atoms with Crippen LogP contribution in [-0.4, -0.2) is 37.4 Å². The summed E-state index contributed by atoms with van der Waals surface area (Å²) in [4.78, 5) is 12.1. The van der Waals surface area contributed by atoms with Crippen LogP contribution in [-0.2, 0) is 4.79 Å². The van der Waals surface area contributed by atoms with Crippen molar-refractivity contribution in [2.45, 2.75) is 68.9 Å². The summed E-state index contributed by atoms with van der Waals surface area (Å²) < 4.78 is 1.74. The third-order valence-electron chi connectivity index (χ3n) is 3.30. The number of amides is 1. The Morgan fingerprint density at radius 1 is 1.37 bits per heavy atom. The molecule has 1 heterocycles. The summed E-state index contributed by atoms with van der Waals surface area (Å²) in [5, 5.41) is 15.2. The van der Waals surface area contributed by atoms with Gasteiger partial charge >= 0.3 is 0 Å². The standard InChI is InChI=1S/C12H21N5OS/c1-8(2)17-12(14-15-16-17)19-9(3)11(18)13-10-6-4-5-7-10/h8-10H,4-7H2,1-3H3,(H,13,18)/t9-/m0/s1. The van der Waals surface area contributed by atoms with Crippen LogP contribution in [0.3, 0.4) is 0 Å². The molecule has 19 heavy (non-hydrogen) atoms. The highest BCUT2D eigenvalue weighted by Gasteiger charge is 2.23. The van der Waals surface area contributed by atoms with Crippen LogP contribution in [0.2, 0.25) is 0 Å². The van der Waals surface area contributed by atoms with Gasteiger partial charge in [-0.15, -0.1) is 5.10 Å². The van der Waals surface area contributed by atoms with Gasteiger partial charge in [-0.3, -0.25) is 4.79 Å². The van der Waals surface area contributed by atoms with Crippen LogP contribution in [0.5, 0.6) is 0 Å². The van der Waals surface area contributed by atoms with Crippen LogP contribution < -0.4 is 5.32 Å². The first-order chi connectivity index (χ1) is 9.08. The predicted molar refractivity (Wildman–Crippen MR) is 73.9 cm³/mol. The Balaban J connectivity index is 1.90. The van der Waals surface area contributed by atoms with Crippen molar-refractivity contribution in [3.05, 3.63) is 0 Å². The van der Waals surface area contributed by atoms with Crippen molar-refractivity contribution >= 4 is 17.7 Å². The average molecular weight is 283 g/mol. The maximum absolute atomic E-state index is 12.1. The third-order valence-corrected chi connectivity index (χ3v) is 4.35. The molecule has 0 radical (unpaired) electrons. The van der Waals surface area contributed by atoms with Crippen molar-refractivity contribution in [2.75, 3.05) is 0 Å².